The van der Waals surface area contributed by atoms with Crippen LogP contribution >= 0.6 is 11.3 Å². The second-order valence-corrected chi connectivity index (χ2v) is 15.0. The minimum atomic E-state index is 0.589. The molecular weight excluding hydrogens is 693 g/mol. The van der Waals surface area contributed by atoms with Crippen LogP contribution in [0.4, 0.5) is 0 Å². The van der Waals surface area contributed by atoms with Crippen molar-refractivity contribution in [3.63, 3.8) is 0 Å². The summed E-state index contributed by atoms with van der Waals surface area (Å²) in [5.74, 6) is 1.84. The maximum Gasteiger partial charge on any atom is 0.165 e. The molecule has 5 nitrogen and oxygen atoms in total. The molecule has 0 bridgehead atoms. The Morgan fingerprint density at radius 3 is 1.98 bits per heavy atom. The molecule has 0 aliphatic heterocycles. The molecular formula is C49H28N4OS. The first-order valence-corrected chi connectivity index (χ1v) is 19.2. The van der Waals surface area contributed by atoms with Gasteiger partial charge in [-0.25, -0.2) is 15.0 Å². The maximum absolute atomic E-state index is 6.69. The van der Waals surface area contributed by atoms with Gasteiger partial charge in [0.15, 0.2) is 17.5 Å². The van der Waals surface area contributed by atoms with Crippen molar-refractivity contribution in [3.05, 3.63) is 170 Å². The fourth-order valence-electron chi connectivity index (χ4n) is 8.34. The predicted octanol–water partition coefficient (Wildman–Crippen LogP) is 13.4. The van der Waals surface area contributed by atoms with E-state index in [0.717, 1.165) is 60.0 Å². The molecule has 0 aliphatic rings. The second kappa shape index (κ2) is 11.7. The summed E-state index contributed by atoms with van der Waals surface area (Å²) in [5.41, 5.74) is 7.59. The highest BCUT2D eigenvalue weighted by molar-refractivity contribution is 7.26. The number of nitrogens with zero attached hydrogens (tertiary/aromatic N) is 4. The fraction of sp³-hybridized carbons (Fsp3) is 0. The summed E-state index contributed by atoms with van der Waals surface area (Å²) in [4.78, 5) is 15.8. The van der Waals surface area contributed by atoms with Crippen molar-refractivity contribution in [3.8, 4) is 39.9 Å². The molecule has 12 aromatic rings. The van der Waals surface area contributed by atoms with E-state index in [2.05, 4.69) is 144 Å². The van der Waals surface area contributed by atoms with E-state index in [4.69, 9.17) is 19.4 Å². The molecule has 0 saturated heterocycles. The van der Waals surface area contributed by atoms with Gasteiger partial charge in [0.1, 0.15) is 11.2 Å². The minimum Gasteiger partial charge on any atom is -0.456 e. The summed E-state index contributed by atoms with van der Waals surface area (Å²) in [6.07, 6.45) is 0. The van der Waals surface area contributed by atoms with Crippen LogP contribution < -0.4 is 0 Å². The third kappa shape index (κ3) is 4.62. The SMILES string of the molecule is c1ccc(-c2nc(-c3cccc4c3sc3ccccc34)nc(-c3cc(-n4c5ccccc5c5cc6ccccc6cc54)cc4oc5ccccc5c34)n2)cc1. The van der Waals surface area contributed by atoms with Gasteiger partial charge < -0.3 is 8.98 Å². The Labute approximate surface area is 318 Å². The molecule has 0 saturated carbocycles. The molecule has 8 aromatic carbocycles. The van der Waals surface area contributed by atoms with Crippen LogP contribution in [-0.4, -0.2) is 19.5 Å². The molecule has 0 fully saturated rings. The lowest BCUT2D eigenvalue weighted by molar-refractivity contribution is 0.668. The zero-order valence-electron chi connectivity index (χ0n) is 29.3. The number of benzene rings is 8. The van der Waals surface area contributed by atoms with Crippen LogP contribution in [0.5, 0.6) is 0 Å². The average Bonchev–Trinajstić information content (AvgIpc) is 3.92. The average molecular weight is 721 g/mol. The fourth-order valence-corrected chi connectivity index (χ4v) is 9.55. The molecule has 55 heavy (non-hydrogen) atoms. The van der Waals surface area contributed by atoms with Crippen molar-refractivity contribution in [2.75, 3.05) is 0 Å². The van der Waals surface area contributed by atoms with Crippen molar-refractivity contribution >= 4 is 86.0 Å². The van der Waals surface area contributed by atoms with E-state index in [0.29, 0.717) is 17.5 Å². The number of furan rings is 1. The largest absolute Gasteiger partial charge is 0.456 e. The van der Waals surface area contributed by atoms with Crippen LogP contribution in [-0.2, 0) is 0 Å². The van der Waals surface area contributed by atoms with Gasteiger partial charge in [-0.2, -0.15) is 0 Å². The third-order valence-electron chi connectivity index (χ3n) is 10.8. The molecule has 0 N–H and O–H groups in total. The van der Waals surface area contributed by atoms with Crippen LogP contribution in [0.3, 0.4) is 0 Å². The Morgan fingerprint density at radius 1 is 0.436 bits per heavy atom. The Morgan fingerprint density at radius 2 is 1.11 bits per heavy atom. The summed E-state index contributed by atoms with van der Waals surface area (Å²) in [6, 6.07) is 59.6. The van der Waals surface area contributed by atoms with Crippen LogP contribution in [0.25, 0.3) is 115 Å². The van der Waals surface area contributed by atoms with E-state index in [1.165, 1.54) is 37.0 Å². The van der Waals surface area contributed by atoms with Crippen LogP contribution in [0, 0.1) is 0 Å². The van der Waals surface area contributed by atoms with Gasteiger partial charge in [-0.05, 0) is 53.2 Å². The Kier molecular flexibility index (Phi) is 6.44. The topological polar surface area (TPSA) is 56.7 Å². The highest BCUT2D eigenvalue weighted by atomic mass is 32.1. The number of hydrogen-bond acceptors (Lipinski definition) is 5. The zero-order chi connectivity index (χ0) is 36.0. The van der Waals surface area contributed by atoms with Crippen LogP contribution in [0.15, 0.2) is 174 Å². The number of hydrogen-bond donors (Lipinski definition) is 0. The summed E-state index contributed by atoms with van der Waals surface area (Å²) < 4.78 is 11.4. The van der Waals surface area contributed by atoms with Crippen molar-refractivity contribution in [1.82, 2.24) is 19.5 Å². The van der Waals surface area contributed by atoms with E-state index in [1.807, 2.05) is 30.3 Å². The molecule has 4 aromatic heterocycles. The second-order valence-electron chi connectivity index (χ2n) is 14.0. The van der Waals surface area contributed by atoms with Crippen molar-refractivity contribution in [2.24, 2.45) is 0 Å². The highest BCUT2D eigenvalue weighted by Crippen LogP contribution is 2.43. The number of rotatable bonds is 4. The van der Waals surface area contributed by atoms with Crippen molar-refractivity contribution in [1.29, 1.82) is 0 Å². The smallest absolute Gasteiger partial charge is 0.165 e. The molecule has 12 rings (SSSR count). The molecule has 0 radical (unpaired) electrons. The van der Waals surface area contributed by atoms with Crippen LogP contribution in [0.2, 0.25) is 0 Å². The van der Waals surface area contributed by atoms with Gasteiger partial charge in [0, 0.05) is 64.5 Å². The molecule has 0 unspecified atom stereocenters. The zero-order valence-corrected chi connectivity index (χ0v) is 30.1. The van der Waals surface area contributed by atoms with Crippen molar-refractivity contribution < 1.29 is 4.42 Å². The van der Waals surface area contributed by atoms with Crippen molar-refractivity contribution in [2.45, 2.75) is 0 Å². The minimum absolute atomic E-state index is 0.589. The molecule has 0 amide bonds. The highest BCUT2D eigenvalue weighted by Gasteiger charge is 2.22. The lowest BCUT2D eigenvalue weighted by Gasteiger charge is -2.13. The monoisotopic (exact) mass is 720 g/mol. The van der Waals surface area contributed by atoms with E-state index in [9.17, 15) is 0 Å². The normalized spacial score (nSPS) is 12.0. The van der Waals surface area contributed by atoms with Gasteiger partial charge in [-0.3, -0.25) is 0 Å². The first-order valence-electron chi connectivity index (χ1n) is 18.4. The van der Waals surface area contributed by atoms with Gasteiger partial charge in [0.25, 0.3) is 0 Å². The van der Waals surface area contributed by atoms with E-state index >= 15 is 0 Å². The number of thiophene rings is 1. The maximum atomic E-state index is 6.69. The standard InChI is InChI=1S/C49H28N4OS/c1-2-13-29(14-3-1)47-50-48(37-21-12-20-35-34-18-8-11-24-44(34)55-46(35)37)52-49(51-47)39-27-32(28-43-45(39)36-19-7-10-23-42(36)54-43)53-40-22-9-6-17-33(40)38-25-30-15-4-5-16-31(30)26-41(38)53/h1-28H. The number of fused-ring (bicyclic) bond motifs is 10. The van der Waals surface area contributed by atoms with Gasteiger partial charge in [-0.1, -0.05) is 121 Å². The summed E-state index contributed by atoms with van der Waals surface area (Å²) in [7, 11) is 0. The van der Waals surface area contributed by atoms with Gasteiger partial charge in [0.2, 0.25) is 0 Å². The molecule has 4 heterocycles. The number of para-hydroxylation sites is 2. The Balaban J connectivity index is 1.19. The third-order valence-corrected chi connectivity index (χ3v) is 12.0. The van der Waals surface area contributed by atoms with E-state index < -0.39 is 0 Å². The Hall–Kier alpha value is -7.15. The molecule has 0 atom stereocenters. The molecule has 0 spiro atoms. The van der Waals surface area contributed by atoms with Crippen LogP contribution in [0.1, 0.15) is 0 Å². The predicted molar refractivity (Wildman–Crippen MR) is 228 cm³/mol. The first-order chi connectivity index (χ1) is 27.2. The quantitative estimate of drug-likeness (QED) is 0.182. The van der Waals surface area contributed by atoms with Gasteiger partial charge in [0.05, 0.1) is 16.7 Å². The molecule has 6 heteroatoms. The molecule has 0 aliphatic carbocycles. The number of aromatic nitrogens is 4. The Bertz CT molecular complexity index is 3500. The summed E-state index contributed by atoms with van der Waals surface area (Å²) in [6.45, 7) is 0. The van der Waals surface area contributed by atoms with E-state index in [-0.39, 0.29) is 0 Å². The lowest BCUT2D eigenvalue weighted by atomic mass is 10.0. The first kappa shape index (κ1) is 30.3. The van der Waals surface area contributed by atoms with Gasteiger partial charge >= 0.3 is 0 Å². The lowest BCUT2D eigenvalue weighted by Crippen LogP contribution is -2.02. The molecule has 256 valence electrons. The van der Waals surface area contributed by atoms with E-state index in [1.54, 1.807) is 11.3 Å². The van der Waals surface area contributed by atoms with Gasteiger partial charge in [-0.15, -0.1) is 11.3 Å². The summed E-state index contributed by atoms with van der Waals surface area (Å²) >= 11 is 1.78. The summed E-state index contributed by atoms with van der Waals surface area (Å²) in [5, 5.41) is 9.22.